The van der Waals surface area contributed by atoms with E-state index in [1.807, 2.05) is 0 Å². The minimum atomic E-state index is -1.47. The van der Waals surface area contributed by atoms with Crippen LogP contribution in [-0.2, 0) is 109 Å². The van der Waals surface area contributed by atoms with Crippen molar-refractivity contribution in [3.8, 4) is 0 Å². The Morgan fingerprint density at radius 3 is 0.930 bits per heavy atom. The molecule has 7 amide bonds. The fourth-order valence-electron chi connectivity index (χ4n) is 9.86. The zero-order chi connectivity index (χ0) is 73.6. The van der Waals surface area contributed by atoms with Crippen molar-refractivity contribution in [2.75, 3.05) is 172 Å². The summed E-state index contributed by atoms with van der Waals surface area (Å²) in [6.07, 6.45) is -14.4. The highest BCUT2D eigenvalue weighted by Crippen LogP contribution is 2.25. The molecule has 0 aliphatic carbocycles. The Morgan fingerprint density at radius 2 is 0.640 bits per heavy atom. The quantitative estimate of drug-likeness (QED) is 0.0252. The summed E-state index contributed by atoms with van der Waals surface area (Å²) in [7, 11) is 0. The van der Waals surface area contributed by atoms with E-state index >= 15 is 0 Å². The third kappa shape index (κ3) is 36.3. The van der Waals surface area contributed by atoms with Crippen LogP contribution in [0.25, 0.3) is 0 Å². The van der Waals surface area contributed by atoms with Crippen molar-refractivity contribution >= 4 is 47.3 Å². The SMILES string of the molecule is CC(=O)NC1[C@H](OCCOCCOCCOCC(=O)N[C@@H](CCCCNC(=O)COCCOCCOCCO[C@@H]2O[C@H](CO)[C@H](O)[C@H](O)[C@H]2NC(C)=O)C(=O)N[C@@H](CCCCNC(=O)COCCOCCOCCO[C@@H]2O[C@H](CO)[C@H](O)[C@H](O)[C@H]2NC(C)=O)C(=O)O)O[C@H](CO)[C@H](O)[C@@H]1O. The molecule has 0 aromatic rings. The lowest BCUT2D eigenvalue weighted by Crippen LogP contribution is -2.64. The number of carbonyl (C=O) groups excluding carboxylic acids is 7. The Labute approximate surface area is 578 Å². The van der Waals surface area contributed by atoms with Gasteiger partial charge in [-0.15, -0.1) is 0 Å². The van der Waals surface area contributed by atoms with Crippen molar-refractivity contribution in [1.29, 1.82) is 0 Å². The molecule has 1 unspecified atom stereocenters. The normalized spacial score (nSPS) is 25.8. The van der Waals surface area contributed by atoms with Gasteiger partial charge in [-0.05, 0) is 38.5 Å². The predicted molar refractivity (Wildman–Crippen MR) is 337 cm³/mol. The molecule has 17 N–H and O–H groups in total. The number of hydrogen-bond donors (Lipinski definition) is 17. The number of carboxylic acid groups (broad SMARTS) is 1. The number of aliphatic carboxylic acids is 1. The van der Waals surface area contributed by atoms with E-state index in [0.717, 1.165) is 0 Å². The summed E-state index contributed by atoms with van der Waals surface area (Å²) in [6.45, 7) is 2.54. The van der Waals surface area contributed by atoms with Crippen LogP contribution in [0.5, 0.6) is 0 Å². The molecule has 0 radical (unpaired) electrons. The summed E-state index contributed by atoms with van der Waals surface area (Å²) >= 11 is 0. The number of rotatable bonds is 56. The van der Waals surface area contributed by atoms with Crippen molar-refractivity contribution in [3.05, 3.63) is 0 Å². The van der Waals surface area contributed by atoms with Crippen LogP contribution in [0.1, 0.15) is 59.3 Å². The smallest absolute Gasteiger partial charge is 0.326 e. The molecule has 0 spiro atoms. The highest BCUT2D eigenvalue weighted by molar-refractivity contribution is 5.90. The number of amides is 7. The molecule has 0 aromatic carbocycles. The molecule has 3 fully saturated rings. The third-order valence-electron chi connectivity index (χ3n) is 15.0. The van der Waals surface area contributed by atoms with E-state index in [1.54, 1.807) is 0 Å². The van der Waals surface area contributed by atoms with E-state index < -0.39 is 178 Å². The molecule has 40 nitrogen and oxygen atoms in total. The molecular formula is C60H107N7O33. The lowest BCUT2D eigenvalue weighted by Gasteiger charge is -2.42. The number of unbranched alkanes of at least 4 members (excludes halogenated alkanes) is 2. The molecular weight excluding hydrogens is 1350 g/mol. The molecule has 40 heteroatoms. The van der Waals surface area contributed by atoms with E-state index in [-0.39, 0.29) is 171 Å². The van der Waals surface area contributed by atoms with Gasteiger partial charge in [-0.1, -0.05) is 0 Å². The van der Waals surface area contributed by atoms with Gasteiger partial charge in [0.05, 0.1) is 139 Å². The first kappa shape index (κ1) is 89.0. The predicted octanol–water partition coefficient (Wildman–Crippen LogP) is -9.36. The van der Waals surface area contributed by atoms with Gasteiger partial charge in [0.15, 0.2) is 18.9 Å². The second-order valence-corrected chi connectivity index (χ2v) is 23.0. The van der Waals surface area contributed by atoms with E-state index in [0.29, 0.717) is 12.8 Å². The van der Waals surface area contributed by atoms with Gasteiger partial charge in [0.1, 0.15) is 105 Å². The van der Waals surface area contributed by atoms with Crippen molar-refractivity contribution in [2.24, 2.45) is 0 Å². The molecule has 0 aromatic heterocycles. The van der Waals surface area contributed by atoms with Crippen molar-refractivity contribution in [1.82, 2.24) is 37.2 Å². The number of aliphatic hydroxyl groups excluding tert-OH is 9. The van der Waals surface area contributed by atoms with Gasteiger partial charge in [-0.25, -0.2) is 4.79 Å². The van der Waals surface area contributed by atoms with Crippen LogP contribution >= 0.6 is 0 Å². The van der Waals surface area contributed by atoms with Crippen molar-refractivity contribution in [2.45, 2.75) is 163 Å². The summed E-state index contributed by atoms with van der Waals surface area (Å²) in [6, 6.07) is -5.87. The molecule has 100 heavy (non-hydrogen) atoms. The highest BCUT2D eigenvalue weighted by atomic mass is 16.7. The number of hydrogen-bond acceptors (Lipinski definition) is 32. The van der Waals surface area contributed by atoms with Crippen LogP contribution in [0.4, 0.5) is 0 Å². The van der Waals surface area contributed by atoms with E-state index in [2.05, 4.69) is 37.2 Å². The Morgan fingerprint density at radius 1 is 0.360 bits per heavy atom. The average Bonchev–Trinajstić information content (AvgIpc) is 0.825. The number of carboxylic acids is 1. The standard InChI is InChI=1S/C60H107N7O33/c1-36(71)63-47-53(80)50(77)41(30-68)98-58(47)95-27-24-89-15-12-86-18-21-92-33-44(74)61-10-6-4-8-39(66-46(76)35-94-23-20-88-14-17-91-26-29-97-60-49(65-38(3)73)55(82)52(79)43(32-70)100-60)56(83)67-40(57(84)85)9-5-7-11-62-45(75)34-93-22-19-87-13-16-90-25-28-96-59-48(64-37(2)72)54(81)51(78)42(31-69)99-59/h39-43,47-55,58-60,68-70,77-82H,4-35H2,1-3H3,(H,61,74)(H,62,75)(H,63,71)(H,64,72)(H,65,73)(H,66,76)(H,67,83)(H,84,85)/t39-,40-,41+,42+,43+,47+,48+,49?,50-,51-,52-,53+,54+,55+,58+,59+,60+/m0/s1. The maximum atomic E-state index is 13.6. The molecule has 3 heterocycles. The van der Waals surface area contributed by atoms with E-state index in [9.17, 15) is 89.4 Å². The van der Waals surface area contributed by atoms with Crippen LogP contribution in [-0.4, -0.2) is 374 Å². The Bertz CT molecular complexity index is 2310. The highest BCUT2D eigenvalue weighted by Gasteiger charge is 2.48. The van der Waals surface area contributed by atoms with Crippen LogP contribution < -0.4 is 37.2 Å². The van der Waals surface area contributed by atoms with Crippen LogP contribution in [0.15, 0.2) is 0 Å². The third-order valence-corrected chi connectivity index (χ3v) is 15.0. The minimum Gasteiger partial charge on any atom is -0.480 e. The van der Waals surface area contributed by atoms with Gasteiger partial charge in [-0.3, -0.25) is 33.6 Å². The number of aliphatic hydroxyl groups is 9. The summed E-state index contributed by atoms with van der Waals surface area (Å²) in [4.78, 5) is 98.8. The lowest BCUT2D eigenvalue weighted by atomic mass is 9.97. The molecule has 0 bridgehead atoms. The van der Waals surface area contributed by atoms with Gasteiger partial charge >= 0.3 is 5.97 Å². The number of ether oxygens (including phenoxy) is 15. The molecule has 3 aliphatic heterocycles. The van der Waals surface area contributed by atoms with Crippen molar-refractivity contribution in [3.63, 3.8) is 0 Å². The fraction of sp³-hybridized carbons (Fsp3) is 0.867. The molecule has 17 atom stereocenters. The zero-order valence-electron chi connectivity index (χ0n) is 56.8. The summed E-state index contributed by atoms with van der Waals surface area (Å²) in [5, 5.41) is 118. The first-order chi connectivity index (χ1) is 48.0. The number of carbonyl (C=O) groups is 8. The van der Waals surface area contributed by atoms with E-state index in [1.165, 1.54) is 20.8 Å². The molecule has 580 valence electrons. The van der Waals surface area contributed by atoms with Gasteiger partial charge in [0.2, 0.25) is 41.4 Å². The van der Waals surface area contributed by atoms with Gasteiger partial charge in [-0.2, -0.15) is 0 Å². The van der Waals surface area contributed by atoms with Crippen LogP contribution in [0, 0.1) is 0 Å². The van der Waals surface area contributed by atoms with Crippen LogP contribution in [0.2, 0.25) is 0 Å². The van der Waals surface area contributed by atoms with Gasteiger partial charge in [0.25, 0.3) is 0 Å². The van der Waals surface area contributed by atoms with Crippen molar-refractivity contribution < 1.29 is 160 Å². The zero-order valence-corrected chi connectivity index (χ0v) is 56.8. The summed E-state index contributed by atoms with van der Waals surface area (Å²) < 4.78 is 82.2. The second-order valence-electron chi connectivity index (χ2n) is 23.0. The topological polar surface area (TPSA) is 562 Å². The largest absolute Gasteiger partial charge is 0.480 e. The summed E-state index contributed by atoms with van der Waals surface area (Å²) in [5.41, 5.74) is 0. The molecule has 3 aliphatic rings. The number of nitrogens with one attached hydrogen (secondary N) is 7. The fourth-order valence-corrected chi connectivity index (χ4v) is 9.86. The second kappa shape index (κ2) is 52.7. The molecule has 3 saturated heterocycles. The first-order valence-electron chi connectivity index (χ1n) is 33.1. The maximum Gasteiger partial charge on any atom is 0.326 e. The first-order valence-corrected chi connectivity index (χ1v) is 33.1. The van der Waals surface area contributed by atoms with Crippen LogP contribution in [0.3, 0.4) is 0 Å². The summed E-state index contributed by atoms with van der Waals surface area (Å²) in [5.74, 6) is -5.18. The van der Waals surface area contributed by atoms with E-state index in [4.69, 9.17) is 71.1 Å². The average molecular weight is 1450 g/mol. The van der Waals surface area contributed by atoms with Gasteiger partial charge < -0.3 is 159 Å². The molecule has 0 saturated carbocycles. The maximum absolute atomic E-state index is 13.6. The Balaban J connectivity index is 1.34. The molecule has 3 rings (SSSR count). The monoisotopic (exact) mass is 1450 g/mol. The van der Waals surface area contributed by atoms with Gasteiger partial charge in [0, 0.05) is 33.9 Å². The minimum absolute atomic E-state index is 0.0161. The Hall–Kier alpha value is -5.20. The lowest BCUT2D eigenvalue weighted by molar-refractivity contribution is -0.272. The Kier molecular flexibility index (Phi) is 46.9.